The standard InChI is InChI=1S/C27H35N7O4/c1-17(2)37-26-20-6-8-24-21-13-19(5-7-23(21)29-30-24)22-14-28-34(10-12-36)27(22)38-18(3)15-32(4)16-25(20)33(31-26)9-11-35/h5-8,13-14,17-18,35-36H,9-12,15-16H2,1-4H3,(H,29,30)/b8-6+/t18-/m0/s1. The number of rotatable bonds is 6. The summed E-state index contributed by atoms with van der Waals surface area (Å²) in [6, 6.07) is 6.08. The van der Waals surface area contributed by atoms with Crippen LogP contribution in [-0.2, 0) is 19.6 Å². The van der Waals surface area contributed by atoms with Gasteiger partial charge in [-0.15, -0.1) is 5.10 Å². The number of nitrogens with zero attached hydrogens (tertiary/aromatic N) is 6. The molecule has 0 radical (unpaired) electrons. The fraction of sp³-hybridized carbons (Fsp3) is 0.444. The first-order valence-corrected chi connectivity index (χ1v) is 12.9. The van der Waals surface area contributed by atoms with Crippen LogP contribution in [0.1, 0.15) is 37.7 Å². The van der Waals surface area contributed by atoms with Crippen LogP contribution in [0.4, 0.5) is 0 Å². The molecule has 5 rings (SSSR count). The maximum absolute atomic E-state index is 9.73. The monoisotopic (exact) mass is 521 g/mol. The van der Waals surface area contributed by atoms with Gasteiger partial charge in [0.25, 0.3) is 0 Å². The highest BCUT2D eigenvalue weighted by Gasteiger charge is 2.23. The summed E-state index contributed by atoms with van der Waals surface area (Å²) < 4.78 is 16.1. The smallest absolute Gasteiger partial charge is 0.240 e. The Hall–Kier alpha value is -3.67. The third-order valence-corrected chi connectivity index (χ3v) is 6.44. The lowest BCUT2D eigenvalue weighted by molar-refractivity contribution is 0.141. The van der Waals surface area contributed by atoms with Gasteiger partial charge < -0.3 is 19.7 Å². The van der Waals surface area contributed by atoms with Crippen LogP contribution in [-0.4, -0.2) is 83.9 Å². The molecule has 3 aromatic heterocycles. The fourth-order valence-corrected chi connectivity index (χ4v) is 4.84. The molecule has 4 heterocycles. The van der Waals surface area contributed by atoms with Crippen LogP contribution in [0, 0.1) is 0 Å². The number of benzene rings is 1. The molecule has 38 heavy (non-hydrogen) atoms. The van der Waals surface area contributed by atoms with Crippen LogP contribution < -0.4 is 9.47 Å². The Kier molecular flexibility index (Phi) is 7.50. The second-order valence-corrected chi connectivity index (χ2v) is 9.92. The minimum atomic E-state index is -0.175. The first kappa shape index (κ1) is 26.0. The topological polar surface area (TPSA) is 126 Å². The molecule has 1 aliphatic heterocycles. The summed E-state index contributed by atoms with van der Waals surface area (Å²) in [5.41, 5.74) is 5.28. The summed E-state index contributed by atoms with van der Waals surface area (Å²) in [5.74, 6) is 1.15. The molecule has 3 N–H and O–H groups in total. The van der Waals surface area contributed by atoms with E-state index in [1.807, 2.05) is 56.8 Å². The number of H-pyrrole nitrogens is 1. The zero-order valence-electron chi connectivity index (χ0n) is 22.3. The van der Waals surface area contributed by atoms with E-state index in [-0.39, 0.29) is 25.4 Å². The quantitative estimate of drug-likeness (QED) is 0.354. The molecule has 0 unspecified atom stereocenters. The van der Waals surface area contributed by atoms with Gasteiger partial charge in [0, 0.05) is 18.5 Å². The van der Waals surface area contributed by atoms with E-state index < -0.39 is 0 Å². The number of likely N-dealkylation sites (N-methyl/N-ethyl adjacent to an activating group) is 1. The largest absolute Gasteiger partial charge is 0.473 e. The summed E-state index contributed by atoms with van der Waals surface area (Å²) in [6.07, 6.45) is 5.51. The van der Waals surface area contributed by atoms with E-state index in [0.717, 1.165) is 39.0 Å². The van der Waals surface area contributed by atoms with Crippen LogP contribution in [0.15, 0.2) is 24.4 Å². The zero-order chi connectivity index (χ0) is 26.8. The molecule has 0 fully saturated rings. The number of nitrogens with one attached hydrogen (secondary N) is 1. The Morgan fingerprint density at radius 2 is 1.95 bits per heavy atom. The van der Waals surface area contributed by atoms with Crippen molar-refractivity contribution in [3.8, 4) is 22.9 Å². The van der Waals surface area contributed by atoms with Crippen molar-refractivity contribution in [2.24, 2.45) is 0 Å². The number of hydrogen-bond acceptors (Lipinski definition) is 8. The maximum Gasteiger partial charge on any atom is 0.240 e. The predicted octanol–water partition coefficient (Wildman–Crippen LogP) is 2.78. The molecule has 1 aliphatic rings. The SMILES string of the molecule is CC(C)Oc1nn(CCO)c2c1/C=C/c1n[nH]c3ccc(cc13)-c1cnn(CCO)c1O[C@@H](C)CN(C)C2. The molecule has 0 aliphatic carbocycles. The Balaban J connectivity index is 1.68. The van der Waals surface area contributed by atoms with Gasteiger partial charge in [0.2, 0.25) is 11.8 Å². The van der Waals surface area contributed by atoms with Gasteiger partial charge in [-0.1, -0.05) is 6.07 Å². The first-order chi connectivity index (χ1) is 18.4. The molecule has 4 aromatic rings. The van der Waals surface area contributed by atoms with E-state index in [4.69, 9.17) is 14.6 Å². The number of hydrogen-bond donors (Lipinski definition) is 3. The number of fused-ring (bicyclic) bond motifs is 4. The van der Waals surface area contributed by atoms with Gasteiger partial charge in [-0.3, -0.25) is 14.7 Å². The predicted molar refractivity (Wildman–Crippen MR) is 145 cm³/mol. The van der Waals surface area contributed by atoms with Gasteiger partial charge in [0.05, 0.1) is 66.6 Å². The van der Waals surface area contributed by atoms with Crippen molar-refractivity contribution in [2.45, 2.75) is 52.6 Å². The number of aromatic amines is 1. The molecular formula is C27H35N7O4. The third-order valence-electron chi connectivity index (χ3n) is 6.44. The second-order valence-electron chi connectivity index (χ2n) is 9.92. The average molecular weight is 522 g/mol. The fourth-order valence-electron chi connectivity index (χ4n) is 4.84. The summed E-state index contributed by atoms with van der Waals surface area (Å²) in [4.78, 5) is 2.16. The molecule has 1 atom stereocenters. The number of aliphatic hydroxyl groups excluding tert-OH is 2. The van der Waals surface area contributed by atoms with Crippen LogP contribution >= 0.6 is 0 Å². The zero-order valence-corrected chi connectivity index (χ0v) is 22.3. The molecule has 11 nitrogen and oxygen atoms in total. The summed E-state index contributed by atoms with van der Waals surface area (Å²) >= 11 is 0. The average Bonchev–Trinajstić information content (AvgIpc) is 3.54. The van der Waals surface area contributed by atoms with Gasteiger partial charge in [0.15, 0.2) is 0 Å². The van der Waals surface area contributed by atoms with E-state index in [2.05, 4.69) is 26.3 Å². The minimum absolute atomic E-state index is 0.0351. The van der Waals surface area contributed by atoms with Crippen molar-refractivity contribution in [1.82, 2.24) is 34.7 Å². The number of aromatic nitrogens is 6. The molecule has 0 spiro atoms. The lowest BCUT2D eigenvalue weighted by Crippen LogP contribution is -2.32. The molecular weight excluding hydrogens is 486 g/mol. The van der Waals surface area contributed by atoms with Crippen LogP contribution in [0.3, 0.4) is 0 Å². The van der Waals surface area contributed by atoms with Crippen molar-refractivity contribution in [2.75, 3.05) is 26.8 Å². The number of aliphatic hydroxyl groups is 2. The summed E-state index contributed by atoms with van der Waals surface area (Å²) in [5, 5.41) is 37.1. The van der Waals surface area contributed by atoms with Gasteiger partial charge in [-0.25, -0.2) is 4.68 Å². The Morgan fingerprint density at radius 3 is 2.71 bits per heavy atom. The van der Waals surface area contributed by atoms with E-state index in [1.165, 1.54) is 0 Å². The minimum Gasteiger partial charge on any atom is -0.473 e. The molecule has 0 saturated heterocycles. The Bertz CT molecular complexity index is 1430. The molecule has 1 aromatic carbocycles. The highest BCUT2D eigenvalue weighted by atomic mass is 16.5. The van der Waals surface area contributed by atoms with E-state index in [9.17, 15) is 10.2 Å². The highest BCUT2D eigenvalue weighted by molar-refractivity contribution is 5.93. The first-order valence-electron chi connectivity index (χ1n) is 12.9. The van der Waals surface area contributed by atoms with Crippen molar-refractivity contribution in [3.63, 3.8) is 0 Å². The third kappa shape index (κ3) is 5.17. The van der Waals surface area contributed by atoms with E-state index >= 15 is 0 Å². The number of ether oxygens (including phenoxy) is 2. The molecule has 0 amide bonds. The lowest BCUT2D eigenvalue weighted by Gasteiger charge is -2.23. The van der Waals surface area contributed by atoms with Crippen molar-refractivity contribution < 1.29 is 19.7 Å². The van der Waals surface area contributed by atoms with Crippen molar-refractivity contribution in [3.05, 3.63) is 41.3 Å². The lowest BCUT2D eigenvalue weighted by atomic mass is 10.0. The molecule has 2 bridgehead atoms. The van der Waals surface area contributed by atoms with Gasteiger partial charge in [0.1, 0.15) is 6.10 Å². The van der Waals surface area contributed by atoms with Gasteiger partial charge >= 0.3 is 0 Å². The van der Waals surface area contributed by atoms with Crippen molar-refractivity contribution in [1.29, 1.82) is 0 Å². The molecule has 0 saturated carbocycles. The Labute approximate surface area is 221 Å². The highest BCUT2D eigenvalue weighted by Crippen LogP contribution is 2.34. The van der Waals surface area contributed by atoms with E-state index in [0.29, 0.717) is 37.9 Å². The van der Waals surface area contributed by atoms with E-state index in [1.54, 1.807) is 10.9 Å². The van der Waals surface area contributed by atoms with Crippen LogP contribution in [0.5, 0.6) is 11.8 Å². The van der Waals surface area contributed by atoms with Crippen molar-refractivity contribution >= 4 is 23.1 Å². The van der Waals surface area contributed by atoms with Gasteiger partial charge in [-0.05, 0) is 57.7 Å². The molecule has 11 heteroatoms. The Morgan fingerprint density at radius 1 is 1.16 bits per heavy atom. The summed E-state index contributed by atoms with van der Waals surface area (Å²) in [6.45, 7) is 7.76. The van der Waals surface area contributed by atoms with Crippen LogP contribution in [0.2, 0.25) is 0 Å². The molecule has 202 valence electrons. The van der Waals surface area contributed by atoms with Crippen LogP contribution in [0.25, 0.3) is 34.2 Å². The summed E-state index contributed by atoms with van der Waals surface area (Å²) in [7, 11) is 2.02. The second kappa shape index (κ2) is 11.0. The van der Waals surface area contributed by atoms with Gasteiger partial charge in [-0.2, -0.15) is 10.2 Å². The maximum atomic E-state index is 9.73. The normalized spacial score (nSPS) is 17.2.